The maximum Gasteiger partial charge on any atom is 0.191 e. The van der Waals surface area contributed by atoms with Gasteiger partial charge < -0.3 is 15.4 Å². The second kappa shape index (κ2) is 11.8. The number of unbranched alkanes of at least 4 members (excludes halogenated alkanes) is 1. The Balaban J connectivity index is 2.22. The topological polar surface area (TPSA) is 45.7 Å². The van der Waals surface area contributed by atoms with Crippen molar-refractivity contribution in [3.63, 3.8) is 0 Å². The van der Waals surface area contributed by atoms with Crippen molar-refractivity contribution in [3.8, 4) is 0 Å². The third-order valence-electron chi connectivity index (χ3n) is 4.11. The minimum Gasteiger partial charge on any atom is -0.382 e. The van der Waals surface area contributed by atoms with E-state index < -0.39 is 0 Å². The summed E-state index contributed by atoms with van der Waals surface area (Å²) < 4.78 is 5.35. The normalized spacial score (nSPS) is 23.1. The molecule has 1 aliphatic carbocycles. The number of nitrogens with one attached hydrogen (secondary N) is 2. The van der Waals surface area contributed by atoms with Crippen molar-refractivity contribution >= 4 is 5.96 Å². The van der Waals surface area contributed by atoms with Crippen LogP contribution in [0.1, 0.15) is 59.3 Å². The summed E-state index contributed by atoms with van der Waals surface area (Å²) in [6.07, 6.45) is 7.71. The molecule has 1 rings (SSSR count). The van der Waals surface area contributed by atoms with Crippen molar-refractivity contribution in [1.29, 1.82) is 0 Å². The molecule has 0 radical (unpaired) electrons. The smallest absolute Gasteiger partial charge is 0.191 e. The summed E-state index contributed by atoms with van der Waals surface area (Å²) in [5, 5.41) is 6.77. The molecule has 1 saturated carbocycles. The predicted octanol–water partition coefficient (Wildman–Crippen LogP) is 3.18. The molecule has 0 bridgehead atoms. The molecule has 4 nitrogen and oxygen atoms in total. The second-order valence-electron chi connectivity index (χ2n) is 6.19. The van der Waals surface area contributed by atoms with Crippen LogP contribution in [0.5, 0.6) is 0 Å². The Morgan fingerprint density at radius 1 is 1.19 bits per heavy atom. The van der Waals surface area contributed by atoms with E-state index in [0.29, 0.717) is 0 Å². The molecule has 1 fully saturated rings. The fourth-order valence-electron chi connectivity index (χ4n) is 2.97. The third-order valence-corrected chi connectivity index (χ3v) is 4.11. The van der Waals surface area contributed by atoms with Crippen LogP contribution in [0.4, 0.5) is 0 Å². The highest BCUT2D eigenvalue weighted by atomic mass is 16.5. The Morgan fingerprint density at radius 3 is 2.76 bits per heavy atom. The van der Waals surface area contributed by atoms with Crippen molar-refractivity contribution in [2.45, 2.75) is 59.3 Å². The van der Waals surface area contributed by atoms with Gasteiger partial charge >= 0.3 is 0 Å². The van der Waals surface area contributed by atoms with Gasteiger partial charge in [0.15, 0.2) is 5.96 Å². The van der Waals surface area contributed by atoms with Gasteiger partial charge in [-0.05, 0) is 51.4 Å². The van der Waals surface area contributed by atoms with E-state index in [1.54, 1.807) is 0 Å². The predicted molar refractivity (Wildman–Crippen MR) is 90.8 cm³/mol. The summed E-state index contributed by atoms with van der Waals surface area (Å²) in [7, 11) is 0. The molecule has 21 heavy (non-hydrogen) atoms. The van der Waals surface area contributed by atoms with E-state index in [0.717, 1.165) is 63.5 Å². The number of hydrogen-bond donors (Lipinski definition) is 2. The summed E-state index contributed by atoms with van der Waals surface area (Å²) in [5.41, 5.74) is 0. The van der Waals surface area contributed by atoms with Gasteiger partial charge in [-0.25, -0.2) is 0 Å². The van der Waals surface area contributed by atoms with E-state index in [1.807, 2.05) is 6.92 Å². The molecule has 0 spiro atoms. The number of aliphatic imine (C=N–C) groups is 1. The molecular formula is C17H35N3O. The van der Waals surface area contributed by atoms with Gasteiger partial charge in [0.2, 0.25) is 0 Å². The molecule has 0 aromatic heterocycles. The Hall–Kier alpha value is -0.770. The van der Waals surface area contributed by atoms with Crippen LogP contribution in [0.3, 0.4) is 0 Å². The molecule has 2 N–H and O–H groups in total. The molecule has 1 aliphatic rings. The van der Waals surface area contributed by atoms with Crippen molar-refractivity contribution in [1.82, 2.24) is 10.6 Å². The van der Waals surface area contributed by atoms with Gasteiger partial charge in [0.1, 0.15) is 0 Å². The van der Waals surface area contributed by atoms with Gasteiger partial charge in [-0.1, -0.05) is 19.8 Å². The molecule has 0 amide bonds. The zero-order chi connectivity index (χ0) is 15.3. The van der Waals surface area contributed by atoms with E-state index in [9.17, 15) is 0 Å². The highest BCUT2D eigenvalue weighted by Gasteiger charge is 2.18. The Kier molecular flexibility index (Phi) is 10.3. The van der Waals surface area contributed by atoms with Gasteiger partial charge in [-0.2, -0.15) is 0 Å². The molecule has 0 saturated heterocycles. The fraction of sp³-hybridized carbons (Fsp3) is 0.941. The van der Waals surface area contributed by atoms with Gasteiger partial charge in [0.05, 0.1) is 0 Å². The van der Waals surface area contributed by atoms with E-state index in [-0.39, 0.29) is 0 Å². The summed E-state index contributed by atoms with van der Waals surface area (Å²) in [6, 6.07) is 0. The van der Waals surface area contributed by atoms with E-state index in [4.69, 9.17) is 9.73 Å². The molecule has 0 heterocycles. The largest absolute Gasteiger partial charge is 0.382 e. The van der Waals surface area contributed by atoms with Crippen molar-refractivity contribution in [3.05, 3.63) is 0 Å². The minimum atomic E-state index is 0.780. The number of nitrogens with zero attached hydrogens (tertiary/aromatic N) is 1. The third kappa shape index (κ3) is 8.97. The lowest BCUT2D eigenvalue weighted by Crippen LogP contribution is -2.38. The van der Waals surface area contributed by atoms with Crippen LogP contribution >= 0.6 is 0 Å². The summed E-state index contributed by atoms with van der Waals surface area (Å²) in [6.45, 7) is 11.1. The van der Waals surface area contributed by atoms with Gasteiger partial charge in [0.25, 0.3) is 0 Å². The highest BCUT2D eigenvalue weighted by molar-refractivity contribution is 5.79. The Bertz CT molecular complexity index is 281. The van der Waals surface area contributed by atoms with Crippen LogP contribution in [-0.2, 0) is 4.74 Å². The lowest BCUT2D eigenvalue weighted by Gasteiger charge is -2.25. The molecule has 0 aromatic carbocycles. The lowest BCUT2D eigenvalue weighted by atomic mass is 9.82. The summed E-state index contributed by atoms with van der Waals surface area (Å²) in [4.78, 5) is 4.77. The van der Waals surface area contributed by atoms with Crippen molar-refractivity contribution in [2.75, 3.05) is 32.8 Å². The number of hydrogen-bond acceptors (Lipinski definition) is 2. The lowest BCUT2D eigenvalue weighted by molar-refractivity contribution is 0.143. The zero-order valence-corrected chi connectivity index (χ0v) is 14.3. The maximum atomic E-state index is 5.35. The van der Waals surface area contributed by atoms with Crippen LogP contribution in [0.2, 0.25) is 0 Å². The fourth-order valence-corrected chi connectivity index (χ4v) is 2.97. The first-order valence-corrected chi connectivity index (χ1v) is 8.86. The quantitative estimate of drug-likeness (QED) is 0.390. The van der Waals surface area contributed by atoms with E-state index in [2.05, 4.69) is 24.5 Å². The van der Waals surface area contributed by atoms with Gasteiger partial charge in [0, 0.05) is 32.8 Å². The van der Waals surface area contributed by atoms with Crippen LogP contribution in [-0.4, -0.2) is 38.8 Å². The first-order valence-electron chi connectivity index (χ1n) is 8.86. The zero-order valence-electron chi connectivity index (χ0n) is 14.3. The second-order valence-corrected chi connectivity index (χ2v) is 6.19. The Morgan fingerprint density at radius 2 is 2.05 bits per heavy atom. The first kappa shape index (κ1) is 18.3. The highest BCUT2D eigenvalue weighted by Crippen LogP contribution is 2.28. The van der Waals surface area contributed by atoms with E-state index >= 15 is 0 Å². The Labute approximate surface area is 131 Å². The number of guanidine groups is 1. The van der Waals surface area contributed by atoms with Crippen LogP contribution in [0, 0.1) is 11.8 Å². The van der Waals surface area contributed by atoms with Gasteiger partial charge in [-0.3, -0.25) is 4.99 Å². The molecule has 124 valence electrons. The molecule has 0 aliphatic heterocycles. The molecule has 2 atom stereocenters. The summed E-state index contributed by atoms with van der Waals surface area (Å²) in [5.74, 6) is 2.64. The van der Waals surface area contributed by atoms with Crippen molar-refractivity contribution < 1.29 is 4.74 Å². The van der Waals surface area contributed by atoms with Crippen LogP contribution in [0.25, 0.3) is 0 Å². The average Bonchev–Trinajstić information content (AvgIpc) is 2.48. The van der Waals surface area contributed by atoms with Crippen LogP contribution in [0.15, 0.2) is 4.99 Å². The average molecular weight is 297 g/mol. The van der Waals surface area contributed by atoms with Crippen molar-refractivity contribution in [2.24, 2.45) is 16.8 Å². The number of rotatable bonds is 9. The summed E-state index contributed by atoms with van der Waals surface area (Å²) >= 11 is 0. The minimum absolute atomic E-state index is 0.780. The monoisotopic (exact) mass is 297 g/mol. The molecule has 2 unspecified atom stereocenters. The SMILES string of the molecule is CCNC(=NCC1CCCC(C)C1)NCCCCOCC. The van der Waals surface area contributed by atoms with E-state index in [1.165, 1.54) is 25.7 Å². The molecule has 4 heteroatoms. The molecule has 0 aromatic rings. The standard InChI is InChI=1S/C17H35N3O/c1-4-18-17(19-11-6-7-12-21-5-2)20-14-16-10-8-9-15(3)13-16/h15-16H,4-14H2,1-3H3,(H2,18,19,20). The first-order chi connectivity index (χ1) is 10.3. The maximum absolute atomic E-state index is 5.35. The van der Waals surface area contributed by atoms with Gasteiger partial charge in [-0.15, -0.1) is 0 Å². The number of ether oxygens (including phenoxy) is 1. The van der Waals surface area contributed by atoms with Crippen LogP contribution < -0.4 is 10.6 Å². The molecular weight excluding hydrogens is 262 g/mol.